The minimum atomic E-state index is -0.588. The molecule has 0 bridgehead atoms. The number of hydrogen-bond acceptors (Lipinski definition) is 4. The average Bonchev–Trinajstić information content (AvgIpc) is 2.37. The molecule has 0 N–H and O–H groups in total. The van der Waals surface area contributed by atoms with Crippen LogP contribution in [0.2, 0.25) is 10.0 Å². The van der Waals surface area contributed by atoms with Gasteiger partial charge in [-0.3, -0.25) is 20.2 Å². The summed E-state index contributed by atoms with van der Waals surface area (Å²) < 4.78 is 0. The fraction of sp³-hybridized carbons (Fsp3) is 0. The van der Waals surface area contributed by atoms with Crippen LogP contribution in [0, 0.1) is 20.2 Å². The molecule has 20 heavy (non-hydrogen) atoms. The monoisotopic (exact) mass is 312 g/mol. The Morgan fingerprint density at radius 1 is 0.750 bits per heavy atom. The molecule has 0 saturated carbocycles. The minimum absolute atomic E-state index is 0.0121. The second-order valence-corrected chi connectivity index (χ2v) is 4.66. The Kier molecular flexibility index (Phi) is 3.87. The van der Waals surface area contributed by atoms with E-state index in [4.69, 9.17) is 23.2 Å². The lowest BCUT2D eigenvalue weighted by Crippen LogP contribution is -1.91. The molecule has 0 spiro atoms. The summed E-state index contributed by atoms with van der Waals surface area (Å²) in [5.74, 6) is 0. The topological polar surface area (TPSA) is 86.3 Å². The van der Waals surface area contributed by atoms with Crippen LogP contribution in [0.1, 0.15) is 0 Å². The van der Waals surface area contributed by atoms with Crippen LogP contribution in [-0.2, 0) is 0 Å². The van der Waals surface area contributed by atoms with Crippen LogP contribution in [0.15, 0.2) is 36.4 Å². The lowest BCUT2D eigenvalue weighted by molar-refractivity contribution is -0.384. The molecule has 0 saturated heterocycles. The van der Waals surface area contributed by atoms with Gasteiger partial charge in [0.05, 0.1) is 9.85 Å². The highest BCUT2D eigenvalue weighted by Crippen LogP contribution is 2.33. The van der Waals surface area contributed by atoms with Gasteiger partial charge in [-0.15, -0.1) is 0 Å². The molecule has 0 aliphatic heterocycles. The summed E-state index contributed by atoms with van der Waals surface area (Å²) in [6.45, 7) is 0. The molecule has 8 heteroatoms. The van der Waals surface area contributed by atoms with Crippen LogP contribution < -0.4 is 0 Å². The van der Waals surface area contributed by atoms with Gasteiger partial charge in [-0.05, 0) is 35.4 Å². The molecular weight excluding hydrogens is 307 g/mol. The third-order valence-electron chi connectivity index (χ3n) is 2.62. The van der Waals surface area contributed by atoms with Gasteiger partial charge >= 0.3 is 0 Å². The molecule has 0 amide bonds. The van der Waals surface area contributed by atoms with E-state index >= 15 is 0 Å². The molecule has 0 heterocycles. The van der Waals surface area contributed by atoms with Gasteiger partial charge < -0.3 is 0 Å². The number of halogens is 2. The maximum absolute atomic E-state index is 10.7. The zero-order valence-corrected chi connectivity index (χ0v) is 11.3. The van der Waals surface area contributed by atoms with E-state index in [1.165, 1.54) is 36.4 Å². The Morgan fingerprint density at radius 2 is 1.10 bits per heavy atom. The maximum atomic E-state index is 10.7. The lowest BCUT2D eigenvalue weighted by Gasteiger charge is -2.04. The van der Waals surface area contributed by atoms with Gasteiger partial charge in [0.15, 0.2) is 0 Å². The molecule has 0 radical (unpaired) electrons. The third-order valence-corrected chi connectivity index (χ3v) is 3.23. The van der Waals surface area contributed by atoms with Gasteiger partial charge in [0.25, 0.3) is 11.4 Å². The number of benzene rings is 2. The van der Waals surface area contributed by atoms with Gasteiger partial charge in [0.1, 0.15) is 10.0 Å². The molecule has 102 valence electrons. The molecule has 0 aromatic heterocycles. The van der Waals surface area contributed by atoms with Gasteiger partial charge in [-0.2, -0.15) is 0 Å². The molecule has 0 aliphatic carbocycles. The molecular formula is C12H6Cl2N2O4. The predicted octanol–water partition coefficient (Wildman–Crippen LogP) is 4.48. The van der Waals surface area contributed by atoms with Crippen LogP contribution in [0.3, 0.4) is 0 Å². The molecule has 0 atom stereocenters. The lowest BCUT2D eigenvalue weighted by atomic mass is 10.0. The second kappa shape index (κ2) is 5.44. The molecule has 2 rings (SSSR count). The number of nitrogens with zero attached hydrogens (tertiary/aromatic N) is 2. The standard InChI is InChI=1S/C12H6Cl2N2O4/c13-9-5-7(1-3-11(9)15(17)18)8-2-4-12(16(19)20)10(14)6-8/h1-6H. The fourth-order valence-electron chi connectivity index (χ4n) is 1.67. The van der Waals surface area contributed by atoms with Crippen molar-refractivity contribution in [2.75, 3.05) is 0 Å². The Labute approximate surface area is 122 Å². The number of nitro groups is 2. The average molecular weight is 313 g/mol. The summed E-state index contributed by atoms with van der Waals surface area (Å²) in [6.07, 6.45) is 0. The number of nitro benzene ring substituents is 2. The van der Waals surface area contributed by atoms with Crippen LogP contribution in [0.4, 0.5) is 11.4 Å². The van der Waals surface area contributed by atoms with E-state index in [1.807, 2.05) is 0 Å². The van der Waals surface area contributed by atoms with Gasteiger partial charge in [0.2, 0.25) is 0 Å². The summed E-state index contributed by atoms with van der Waals surface area (Å²) in [7, 11) is 0. The zero-order chi connectivity index (χ0) is 14.9. The van der Waals surface area contributed by atoms with Crippen molar-refractivity contribution in [3.8, 4) is 11.1 Å². The van der Waals surface area contributed by atoms with Gasteiger partial charge in [0, 0.05) is 12.1 Å². The highest BCUT2D eigenvalue weighted by Gasteiger charge is 2.15. The summed E-state index contributed by atoms with van der Waals surface area (Å²) in [5.41, 5.74) is 0.752. The largest absolute Gasteiger partial charge is 0.287 e. The van der Waals surface area contributed by atoms with Crippen molar-refractivity contribution in [1.82, 2.24) is 0 Å². The van der Waals surface area contributed by atoms with E-state index < -0.39 is 9.85 Å². The molecule has 0 fully saturated rings. The normalized spacial score (nSPS) is 10.3. The van der Waals surface area contributed by atoms with E-state index in [0.717, 1.165) is 0 Å². The first kappa shape index (κ1) is 14.2. The quantitative estimate of drug-likeness (QED) is 0.617. The van der Waals surface area contributed by atoms with Crippen LogP contribution in [-0.4, -0.2) is 9.85 Å². The van der Waals surface area contributed by atoms with Crippen molar-refractivity contribution >= 4 is 34.6 Å². The van der Waals surface area contributed by atoms with Crippen molar-refractivity contribution in [1.29, 1.82) is 0 Å². The molecule has 2 aromatic rings. The fourth-order valence-corrected chi connectivity index (χ4v) is 2.17. The van der Waals surface area contributed by atoms with Gasteiger partial charge in [-0.1, -0.05) is 23.2 Å². The minimum Gasteiger partial charge on any atom is -0.258 e. The summed E-state index contributed by atoms with van der Waals surface area (Å²) >= 11 is 11.6. The molecule has 2 aromatic carbocycles. The number of rotatable bonds is 3. The van der Waals surface area contributed by atoms with E-state index in [9.17, 15) is 20.2 Å². The second-order valence-electron chi connectivity index (χ2n) is 3.85. The van der Waals surface area contributed by atoms with Crippen molar-refractivity contribution < 1.29 is 9.85 Å². The van der Waals surface area contributed by atoms with Gasteiger partial charge in [-0.25, -0.2) is 0 Å². The molecule has 0 aliphatic rings. The van der Waals surface area contributed by atoms with E-state index in [1.54, 1.807) is 0 Å². The predicted molar refractivity (Wildman–Crippen MR) is 75.2 cm³/mol. The van der Waals surface area contributed by atoms with Crippen molar-refractivity contribution in [3.63, 3.8) is 0 Å². The van der Waals surface area contributed by atoms with Crippen LogP contribution in [0.25, 0.3) is 11.1 Å². The van der Waals surface area contributed by atoms with E-state index in [0.29, 0.717) is 11.1 Å². The third kappa shape index (κ3) is 2.71. The zero-order valence-electron chi connectivity index (χ0n) is 9.75. The van der Waals surface area contributed by atoms with Crippen LogP contribution >= 0.6 is 23.2 Å². The van der Waals surface area contributed by atoms with Crippen molar-refractivity contribution in [3.05, 3.63) is 66.7 Å². The Balaban J connectivity index is 2.47. The first-order valence-electron chi connectivity index (χ1n) is 5.28. The first-order chi connectivity index (χ1) is 9.40. The SMILES string of the molecule is O=[N+]([O-])c1ccc(-c2ccc([N+](=O)[O-])c(Cl)c2)cc1Cl. The molecule has 0 unspecified atom stereocenters. The Hall–Kier alpha value is -2.18. The van der Waals surface area contributed by atoms with Crippen molar-refractivity contribution in [2.45, 2.75) is 0 Å². The smallest absolute Gasteiger partial charge is 0.258 e. The Bertz CT molecular complexity index is 657. The highest BCUT2D eigenvalue weighted by atomic mass is 35.5. The summed E-state index contributed by atoms with van der Waals surface area (Å²) in [4.78, 5) is 20.2. The summed E-state index contributed by atoms with van der Waals surface area (Å²) in [5, 5.41) is 21.3. The van der Waals surface area contributed by atoms with Crippen molar-refractivity contribution in [2.24, 2.45) is 0 Å². The molecule has 6 nitrogen and oxygen atoms in total. The van der Waals surface area contributed by atoms with E-state index in [-0.39, 0.29) is 21.4 Å². The summed E-state index contributed by atoms with van der Waals surface area (Å²) in [6, 6.07) is 8.37. The highest BCUT2D eigenvalue weighted by molar-refractivity contribution is 6.33. The number of hydrogen-bond donors (Lipinski definition) is 0. The maximum Gasteiger partial charge on any atom is 0.287 e. The van der Waals surface area contributed by atoms with Crippen LogP contribution in [0.5, 0.6) is 0 Å². The van der Waals surface area contributed by atoms with E-state index in [2.05, 4.69) is 0 Å². The Morgan fingerprint density at radius 3 is 1.35 bits per heavy atom. The first-order valence-corrected chi connectivity index (χ1v) is 6.04.